The van der Waals surface area contributed by atoms with Gasteiger partial charge in [-0.3, -0.25) is 0 Å². The lowest BCUT2D eigenvalue weighted by molar-refractivity contribution is 0.122. The van der Waals surface area contributed by atoms with E-state index < -0.39 is 0 Å². The molecule has 21 heavy (non-hydrogen) atoms. The molecule has 0 radical (unpaired) electrons. The van der Waals surface area contributed by atoms with E-state index in [0.29, 0.717) is 31.1 Å². The van der Waals surface area contributed by atoms with Gasteiger partial charge in [-0.1, -0.05) is 0 Å². The van der Waals surface area contributed by atoms with Crippen molar-refractivity contribution in [1.29, 1.82) is 0 Å². The van der Waals surface area contributed by atoms with Crippen LogP contribution in [0.15, 0.2) is 0 Å². The van der Waals surface area contributed by atoms with Crippen LogP contribution in [-0.2, 0) is 4.74 Å². The molecule has 2 N–H and O–H groups in total. The molecule has 2 aliphatic rings. The molecule has 0 bridgehead atoms. The van der Waals surface area contributed by atoms with Crippen LogP contribution >= 0.6 is 0 Å². The fourth-order valence-electron chi connectivity index (χ4n) is 2.79. The molecular weight excluding hydrogens is 272 g/mol. The lowest BCUT2D eigenvalue weighted by atomic mass is 10.2. The first-order valence-corrected chi connectivity index (χ1v) is 7.46. The Hall–Kier alpha value is -1.67. The Bertz CT molecular complexity index is 480. The van der Waals surface area contributed by atoms with E-state index in [-0.39, 0.29) is 12.6 Å². The van der Waals surface area contributed by atoms with Crippen molar-refractivity contribution in [1.82, 2.24) is 15.0 Å². The largest absolute Gasteiger partial charge is 0.394 e. The molecule has 0 spiro atoms. The van der Waals surface area contributed by atoms with Crippen LogP contribution in [0.25, 0.3) is 0 Å². The van der Waals surface area contributed by atoms with Crippen LogP contribution in [0.1, 0.15) is 12.8 Å². The van der Waals surface area contributed by atoms with Crippen LogP contribution in [0.5, 0.6) is 0 Å². The van der Waals surface area contributed by atoms with E-state index in [1.54, 1.807) is 7.05 Å². The standard InChI is InChI=1S/C13H22N6O2/c1-14-11-15-12(18-5-7-21-8-6-18)17-13(16-11)19-4-2-3-10(19)9-20/h10,20H,2-9H2,1H3,(H,14,15,16,17). The van der Waals surface area contributed by atoms with E-state index in [4.69, 9.17) is 4.74 Å². The smallest absolute Gasteiger partial charge is 0.232 e. The third-order valence-electron chi connectivity index (χ3n) is 3.97. The maximum atomic E-state index is 9.49. The Morgan fingerprint density at radius 3 is 2.67 bits per heavy atom. The minimum atomic E-state index is 0.106. The second-order valence-electron chi connectivity index (χ2n) is 5.28. The van der Waals surface area contributed by atoms with Crippen molar-refractivity contribution in [3.05, 3.63) is 0 Å². The highest BCUT2D eigenvalue weighted by Gasteiger charge is 2.27. The van der Waals surface area contributed by atoms with Gasteiger partial charge in [-0.15, -0.1) is 0 Å². The molecule has 2 saturated heterocycles. The molecule has 3 heterocycles. The number of aliphatic hydroxyl groups excluding tert-OH is 1. The van der Waals surface area contributed by atoms with E-state index in [0.717, 1.165) is 32.5 Å². The predicted octanol–water partition coefficient (Wildman–Crippen LogP) is -0.289. The van der Waals surface area contributed by atoms with Gasteiger partial charge in [-0.05, 0) is 12.8 Å². The van der Waals surface area contributed by atoms with Crippen molar-refractivity contribution >= 4 is 17.8 Å². The van der Waals surface area contributed by atoms with E-state index >= 15 is 0 Å². The lowest BCUT2D eigenvalue weighted by Gasteiger charge is -2.29. The molecule has 0 aromatic carbocycles. The van der Waals surface area contributed by atoms with Crippen molar-refractivity contribution in [3.8, 4) is 0 Å². The van der Waals surface area contributed by atoms with Crippen LogP contribution in [0.3, 0.4) is 0 Å². The number of rotatable bonds is 4. The first kappa shape index (κ1) is 14.3. The maximum Gasteiger partial charge on any atom is 0.232 e. The summed E-state index contributed by atoms with van der Waals surface area (Å²) in [4.78, 5) is 17.7. The zero-order valence-corrected chi connectivity index (χ0v) is 12.3. The van der Waals surface area contributed by atoms with Crippen LogP contribution < -0.4 is 15.1 Å². The third-order valence-corrected chi connectivity index (χ3v) is 3.97. The number of hydrogen-bond donors (Lipinski definition) is 2. The zero-order valence-electron chi connectivity index (χ0n) is 12.3. The first-order valence-electron chi connectivity index (χ1n) is 7.46. The van der Waals surface area contributed by atoms with Gasteiger partial charge in [0.1, 0.15) is 0 Å². The predicted molar refractivity (Wildman–Crippen MR) is 79.9 cm³/mol. The van der Waals surface area contributed by atoms with Crippen LogP contribution in [0, 0.1) is 0 Å². The first-order chi connectivity index (χ1) is 10.3. The molecule has 1 aromatic rings. The molecule has 116 valence electrons. The van der Waals surface area contributed by atoms with E-state index in [1.165, 1.54) is 0 Å². The van der Waals surface area contributed by atoms with Gasteiger partial charge in [0.2, 0.25) is 17.8 Å². The summed E-state index contributed by atoms with van der Waals surface area (Å²) in [6, 6.07) is 0.106. The summed E-state index contributed by atoms with van der Waals surface area (Å²) >= 11 is 0. The highest BCUT2D eigenvalue weighted by molar-refractivity contribution is 5.46. The maximum absolute atomic E-state index is 9.49. The zero-order chi connectivity index (χ0) is 14.7. The van der Waals surface area contributed by atoms with Gasteiger partial charge in [0.25, 0.3) is 0 Å². The normalized spacial score (nSPS) is 22.7. The average Bonchev–Trinajstić information content (AvgIpc) is 3.04. The molecule has 1 unspecified atom stereocenters. The molecule has 3 rings (SSSR count). The summed E-state index contributed by atoms with van der Waals surface area (Å²) < 4.78 is 5.37. The second-order valence-corrected chi connectivity index (χ2v) is 5.28. The summed E-state index contributed by atoms with van der Waals surface area (Å²) in [5.41, 5.74) is 0. The molecule has 0 saturated carbocycles. The summed E-state index contributed by atoms with van der Waals surface area (Å²) in [5, 5.41) is 12.5. The lowest BCUT2D eigenvalue weighted by Crippen LogP contribution is -2.39. The summed E-state index contributed by atoms with van der Waals surface area (Å²) in [6.45, 7) is 3.97. The Labute approximate surface area is 124 Å². The Morgan fingerprint density at radius 2 is 1.95 bits per heavy atom. The fourth-order valence-corrected chi connectivity index (χ4v) is 2.79. The number of nitrogens with zero attached hydrogens (tertiary/aromatic N) is 5. The molecular formula is C13H22N6O2. The van der Waals surface area contributed by atoms with E-state index in [9.17, 15) is 5.11 Å². The van der Waals surface area contributed by atoms with Crippen molar-refractivity contribution in [2.45, 2.75) is 18.9 Å². The average molecular weight is 294 g/mol. The topological polar surface area (TPSA) is 86.6 Å². The minimum absolute atomic E-state index is 0.106. The van der Waals surface area contributed by atoms with Crippen molar-refractivity contribution in [2.24, 2.45) is 0 Å². The quantitative estimate of drug-likeness (QED) is 0.783. The highest BCUT2D eigenvalue weighted by atomic mass is 16.5. The monoisotopic (exact) mass is 294 g/mol. The van der Waals surface area contributed by atoms with Crippen molar-refractivity contribution in [2.75, 3.05) is 61.6 Å². The molecule has 1 atom stereocenters. The van der Waals surface area contributed by atoms with E-state index in [2.05, 4.69) is 30.1 Å². The van der Waals surface area contributed by atoms with Crippen LogP contribution in [-0.4, -0.2) is 72.6 Å². The number of hydrogen-bond acceptors (Lipinski definition) is 8. The second kappa shape index (κ2) is 6.40. The highest BCUT2D eigenvalue weighted by Crippen LogP contribution is 2.24. The minimum Gasteiger partial charge on any atom is -0.394 e. The number of nitrogens with one attached hydrogen (secondary N) is 1. The number of ether oxygens (including phenoxy) is 1. The van der Waals surface area contributed by atoms with Gasteiger partial charge in [-0.2, -0.15) is 15.0 Å². The van der Waals surface area contributed by atoms with Gasteiger partial charge in [-0.25, -0.2) is 0 Å². The molecule has 8 nitrogen and oxygen atoms in total. The number of morpholine rings is 1. The number of aliphatic hydroxyl groups is 1. The van der Waals surface area contributed by atoms with Crippen LogP contribution in [0.4, 0.5) is 17.8 Å². The summed E-state index contributed by atoms with van der Waals surface area (Å²) in [7, 11) is 1.80. The van der Waals surface area contributed by atoms with Gasteiger partial charge >= 0.3 is 0 Å². The van der Waals surface area contributed by atoms with E-state index in [1.807, 2.05) is 0 Å². The van der Waals surface area contributed by atoms with Crippen molar-refractivity contribution < 1.29 is 9.84 Å². The van der Waals surface area contributed by atoms with Gasteiger partial charge in [0, 0.05) is 26.7 Å². The third kappa shape index (κ3) is 3.01. The summed E-state index contributed by atoms with van der Waals surface area (Å²) in [5.74, 6) is 1.88. The van der Waals surface area contributed by atoms with Gasteiger partial charge in [0.05, 0.1) is 25.9 Å². The number of anilines is 3. The molecule has 0 amide bonds. The van der Waals surface area contributed by atoms with Gasteiger partial charge in [0.15, 0.2) is 0 Å². The Morgan fingerprint density at radius 1 is 1.19 bits per heavy atom. The van der Waals surface area contributed by atoms with Crippen molar-refractivity contribution in [3.63, 3.8) is 0 Å². The van der Waals surface area contributed by atoms with Crippen LogP contribution in [0.2, 0.25) is 0 Å². The fraction of sp³-hybridized carbons (Fsp3) is 0.769. The number of aromatic nitrogens is 3. The molecule has 0 aliphatic carbocycles. The molecule has 8 heteroatoms. The summed E-state index contributed by atoms with van der Waals surface area (Å²) in [6.07, 6.45) is 2.03. The Balaban J connectivity index is 1.89. The SMILES string of the molecule is CNc1nc(N2CCOCC2)nc(N2CCCC2CO)n1. The Kier molecular flexibility index (Phi) is 4.35. The molecule has 1 aromatic heterocycles. The molecule has 2 aliphatic heterocycles. The van der Waals surface area contributed by atoms with Gasteiger partial charge < -0.3 is 25.0 Å². The molecule has 2 fully saturated rings.